The summed E-state index contributed by atoms with van der Waals surface area (Å²) < 4.78 is 54.2. The minimum Gasteiger partial charge on any atom is -2.00 e. The van der Waals surface area contributed by atoms with Crippen LogP contribution in [0.3, 0.4) is 0 Å². The number of carboxylic acid groups (broad SMARTS) is 1. The number of esters is 4. The zero-order valence-corrected chi connectivity index (χ0v) is 68.7. The number of ether oxygens (including phenoxy) is 7. The van der Waals surface area contributed by atoms with Gasteiger partial charge in [-0.2, -0.15) is 10.1 Å². The number of rotatable bonds is 14. The van der Waals surface area contributed by atoms with Crippen LogP contribution in [0.25, 0.3) is 21.7 Å². The Morgan fingerprint density at radius 2 is 1.46 bits per heavy atom. The van der Waals surface area contributed by atoms with Gasteiger partial charge < -0.3 is 95.5 Å². The molecule has 1 aromatic heterocycles. The summed E-state index contributed by atoms with van der Waals surface area (Å²) in [6.07, 6.45) is 12.8. The Bertz CT molecular complexity index is 4300. The molecule has 6 heterocycles. The van der Waals surface area contributed by atoms with Gasteiger partial charge in [0.25, 0.3) is 11.7 Å². The number of ketones is 1. The predicted octanol–water partition coefficient (Wildman–Crippen LogP) is 7.61. The molecule has 4 fully saturated rings. The number of amides is 3. The molecule has 0 radical (unpaired) electrons. The number of methoxy groups -OCH3 is 1. The zero-order chi connectivity index (χ0) is 81.7. The molecule has 3 amide bonds. The number of allylic oxidation sites excluding steroid dienone is 2. The minimum absolute atomic E-state index is 0. The number of aromatic nitrogens is 1. The Labute approximate surface area is 663 Å². The number of urea groups is 1. The summed E-state index contributed by atoms with van der Waals surface area (Å²) in [6, 6.07) is 0.838. The van der Waals surface area contributed by atoms with Crippen LogP contribution in [0.4, 0.5) is 20.6 Å². The van der Waals surface area contributed by atoms with Crippen LogP contribution in [0, 0.1) is 41.3 Å². The number of carbonyl (C=O) groups is 8. The van der Waals surface area contributed by atoms with Crippen LogP contribution in [0.15, 0.2) is 63.6 Å². The molecule has 1 unspecified atom stereocenters. The number of hydrogen-bond donors (Lipinski definition) is 9. The van der Waals surface area contributed by atoms with E-state index >= 15 is 0 Å². The van der Waals surface area contributed by atoms with Crippen LogP contribution >= 0.6 is 11.6 Å². The van der Waals surface area contributed by atoms with Gasteiger partial charge in [-0.05, 0) is 58.1 Å². The number of nitrogens with zero attached hydrogens (tertiary/aromatic N) is 7. The van der Waals surface area contributed by atoms with Crippen molar-refractivity contribution >= 4 is 98.4 Å². The quantitative estimate of drug-likeness (QED) is 0.00856. The van der Waals surface area contributed by atoms with Crippen LogP contribution in [0.1, 0.15) is 152 Å². The molecular formula is C75H100ClFN10O24Zn. The molecule has 2 saturated carbocycles. The Kier molecular flexibility index (Phi) is 34.0. The number of nitrogens with one attached hydrogen (secondary N) is 1. The summed E-state index contributed by atoms with van der Waals surface area (Å²) in [6.45, 7) is 19.9. The average molecular weight is 1650 g/mol. The Morgan fingerprint density at radius 3 is 1.97 bits per heavy atom. The smallest absolute Gasteiger partial charge is 2.00 e. The maximum absolute atomic E-state index is 14.8. The molecule has 11 rings (SSSR count). The third kappa shape index (κ3) is 22.5. The summed E-state index contributed by atoms with van der Waals surface area (Å²) in [5, 5.41) is 79.7. The number of piperazine rings is 1. The van der Waals surface area contributed by atoms with Crippen molar-refractivity contribution in [2.24, 2.45) is 45.5 Å². The number of aliphatic hydroxyl groups excluding tert-OH is 2. The predicted molar refractivity (Wildman–Crippen MR) is 403 cm³/mol. The van der Waals surface area contributed by atoms with E-state index in [2.05, 4.69) is 35.8 Å². The number of nitrogens with two attached hydrogens (primary N) is 2. The third-order valence-electron chi connectivity index (χ3n) is 20.1. The van der Waals surface area contributed by atoms with E-state index in [1.165, 1.54) is 119 Å². The van der Waals surface area contributed by atoms with Gasteiger partial charge in [0.15, 0.2) is 11.9 Å². The second kappa shape index (κ2) is 40.9. The van der Waals surface area contributed by atoms with Crippen molar-refractivity contribution < 1.29 is 131 Å². The van der Waals surface area contributed by atoms with Crippen molar-refractivity contribution in [3.8, 4) is 23.0 Å². The summed E-state index contributed by atoms with van der Waals surface area (Å²) in [4.78, 5) is 120. The molecule has 37 heteroatoms. The fraction of sp³-hybridized carbons (Fsp3) is 0.547. The molecule has 10 atom stereocenters. The molecule has 5 aliphatic heterocycles. The number of aromatic carboxylic acids is 1. The topological polar surface area (TPSA) is 492 Å². The number of carbonyl (C=O) groups excluding carboxylic acids is 7. The number of benzene rings is 3. The Hall–Kier alpha value is -9.42. The van der Waals surface area contributed by atoms with Crippen LogP contribution in [0.5, 0.6) is 23.0 Å². The number of phenolic OH excluding ortho intramolecular Hbond substituents is 3. The van der Waals surface area contributed by atoms with Crippen LogP contribution in [-0.2, 0) is 77.3 Å². The van der Waals surface area contributed by atoms with E-state index in [9.17, 15) is 83.1 Å². The van der Waals surface area contributed by atoms with Gasteiger partial charge in [0.05, 0.1) is 79.9 Å². The number of aromatic hydroxyl groups is 3. The Balaban J connectivity index is 0.000000369. The number of Topliss-reactive ketones (excluding diaryl/α,β-unsaturated/α-hetero) is 1. The summed E-state index contributed by atoms with van der Waals surface area (Å²) in [7, 11) is 2.62. The molecule has 2 aliphatic carbocycles. The summed E-state index contributed by atoms with van der Waals surface area (Å²) in [5.41, 5.74) is 9.71. The van der Waals surface area contributed by atoms with E-state index in [4.69, 9.17) is 41.0 Å². The van der Waals surface area contributed by atoms with Gasteiger partial charge in [0.1, 0.15) is 47.9 Å². The summed E-state index contributed by atoms with van der Waals surface area (Å²) >= 11 is 6.53. The third-order valence-corrected chi connectivity index (χ3v) is 20.5. The molecule has 112 heavy (non-hydrogen) atoms. The van der Waals surface area contributed by atoms with Gasteiger partial charge in [-0.3, -0.25) is 43.5 Å². The number of nitroso groups, excluding NO2 is 1. The fourth-order valence-corrected chi connectivity index (χ4v) is 14.2. The van der Waals surface area contributed by atoms with Gasteiger partial charge in [-0.1, -0.05) is 70.4 Å². The molecular weight excluding hydrogens is 1540 g/mol. The van der Waals surface area contributed by atoms with Crippen LogP contribution in [-0.4, -0.2) is 219 Å². The molecule has 2 saturated heterocycles. The van der Waals surface area contributed by atoms with E-state index in [1.807, 2.05) is 5.01 Å². The largest absolute Gasteiger partial charge is 2.00 e. The van der Waals surface area contributed by atoms with Crippen LogP contribution < -0.4 is 31.8 Å². The molecule has 11 N–H and O–H groups in total. The minimum atomic E-state index is -2.04. The number of hydrazone groups is 1. The summed E-state index contributed by atoms with van der Waals surface area (Å²) in [5.74, 6) is -11.7. The molecule has 7 aliphatic rings. The second-order valence-electron chi connectivity index (χ2n) is 28.3. The molecule has 4 aromatic rings. The van der Waals surface area contributed by atoms with Crippen molar-refractivity contribution in [2.75, 3.05) is 76.9 Å². The fourth-order valence-electron chi connectivity index (χ4n) is 13.8. The first-order valence-electron chi connectivity index (χ1n) is 36.0. The van der Waals surface area contributed by atoms with E-state index in [0.29, 0.717) is 42.7 Å². The second-order valence-corrected chi connectivity index (χ2v) is 28.7. The molecule has 0 spiro atoms. The maximum Gasteiger partial charge on any atom is 2.00 e. The first-order chi connectivity index (χ1) is 51.8. The van der Waals surface area contributed by atoms with E-state index in [1.54, 1.807) is 49.3 Å². The number of pyridine rings is 1. The average Bonchev–Trinajstić information content (AvgIpc) is 1.50. The van der Waals surface area contributed by atoms with E-state index < -0.39 is 136 Å². The number of hydrogen-bond acceptors (Lipinski definition) is 28. The normalized spacial score (nSPS) is 24.5. The SMILES string of the molecule is CC(=O)OCC(COC(C)=O)OC(C)=O.CN(N=O)C(N)=O.CO[C@H]1/C=C/O[C@@]2(C)Oc3c(C)c(O)c4c(O)c(c(/C=N/N5CCN(C6CCCC6)CC5)c(O)c4c3C2=O)NC(=O)/C(C)=C\C=C\[C@H](C)[C@H](O)[C@@H](C)[C@@H](O)[C@@H](C)[C@H](OC(C)=O)[C@@H]1C.NC1CCN(c2c(F)cc3c(=O)c(C(=O)O)cn(C4CC4)c3c2Cl)C1.[O-2].[Zn+2]. The number of halogens is 2. The maximum atomic E-state index is 14.8. The monoisotopic (exact) mass is 1640 g/mol. The van der Waals surface area contributed by atoms with Gasteiger partial charge in [-0.25, -0.2) is 14.0 Å². The number of carboxylic acids is 1. The number of anilines is 2. The van der Waals surface area contributed by atoms with Crippen LogP contribution in [0.2, 0.25) is 5.02 Å². The number of aliphatic hydroxyl groups is 2. The van der Waals surface area contributed by atoms with Gasteiger partial charge in [0.2, 0.25) is 5.43 Å². The number of phenols is 3. The van der Waals surface area contributed by atoms with Gasteiger partial charge >= 0.3 is 61.1 Å². The zero-order valence-electron chi connectivity index (χ0n) is 64.9. The van der Waals surface area contributed by atoms with E-state index in [-0.39, 0.29) is 116 Å². The van der Waals surface area contributed by atoms with Crippen molar-refractivity contribution in [1.29, 1.82) is 0 Å². The molecule has 610 valence electrons. The van der Waals surface area contributed by atoms with E-state index in [0.717, 1.165) is 38.4 Å². The molecule has 5 bridgehead atoms. The number of fused-ring (bicyclic) bond motifs is 15. The van der Waals surface area contributed by atoms with Gasteiger partial charge in [0, 0.05) is 153 Å². The Morgan fingerprint density at radius 1 is 0.839 bits per heavy atom. The van der Waals surface area contributed by atoms with Crippen molar-refractivity contribution in [2.45, 2.75) is 176 Å². The standard InChI is InChI=1S/C47H64N4O12.C17H17ClFN3O3.C9H14O6.C2H5N3O2.O.Zn/c1-24-13-12-14-25(2)46(59)49-37-32(23-48-51-20-18-50(19-21-51)31-15-10-11-16-31)41(56)34-35(42(37)57)40(55)29(6)44-36(34)45(58)47(8,63-44)61-22-17-33(60-9)26(3)43(62-30(7)52)28(5)39(54)27(4)38(24)53;18-13-14-10(5-12(19)15(13)21-4-3-8(20)6-21)16(23)11(17(24)25)7-22(14)9-1-2-9;1-6(10)13-4-9(15-8(3)12)5-14-7(2)11;1-5(4-7)2(3)6;;/h12-14,17,22-24,26-28,31,33,38-39,43,53-57H,10-11,15-16,18-21H2,1-9H3,(H,49,59);5,7-9H,1-4,6,20H2,(H,24,25);9H,4-5H2,1-3H3;1H3,(H2,3,6);;/q;;;;-2;+2/b13-12+,22-17+,25-14-,48-23+;;;;;/t24-,26+,27+,28+,33-,38-,39+,43+,47-;;;;;/m0...../s1. The van der Waals surface area contributed by atoms with Crippen molar-refractivity contribution in [3.63, 3.8) is 0 Å². The number of primary amides is 1. The molecule has 34 nitrogen and oxygen atoms in total. The molecule has 3 aromatic carbocycles. The first-order valence-corrected chi connectivity index (χ1v) is 36.4. The van der Waals surface area contributed by atoms with Crippen molar-refractivity contribution in [3.05, 3.63) is 96.6 Å². The first kappa shape index (κ1) is 93.2. The van der Waals surface area contributed by atoms with Gasteiger partial charge in [-0.15, -0.1) is 4.91 Å². The van der Waals surface area contributed by atoms with Crippen molar-refractivity contribution in [1.82, 2.24) is 19.5 Å².